The molecule has 1 aromatic heterocycles. The largest absolute Gasteiger partial charge is 0.387 e. The van der Waals surface area contributed by atoms with Crippen LogP contribution in [0.4, 0.5) is 0 Å². The van der Waals surface area contributed by atoms with Crippen LogP contribution in [0.25, 0.3) is 0 Å². The van der Waals surface area contributed by atoms with E-state index in [1.807, 2.05) is 10.9 Å². The molecule has 0 spiro atoms. The molecule has 0 radical (unpaired) electrons. The van der Waals surface area contributed by atoms with Crippen LogP contribution in [0.15, 0.2) is 12.4 Å². The molecule has 2 rings (SSSR count). The highest BCUT2D eigenvalue weighted by Gasteiger charge is 2.22. The molecule has 0 saturated carbocycles. The highest BCUT2D eigenvalue weighted by atomic mass is 16.3. The van der Waals surface area contributed by atoms with E-state index >= 15 is 0 Å². The van der Waals surface area contributed by atoms with E-state index in [0.29, 0.717) is 0 Å². The van der Waals surface area contributed by atoms with Crippen LogP contribution in [0.2, 0.25) is 0 Å². The Labute approximate surface area is 103 Å². The minimum atomic E-state index is -0.418. The molecule has 1 aromatic rings. The van der Waals surface area contributed by atoms with Crippen LogP contribution < -0.4 is 5.32 Å². The molecule has 1 aliphatic rings. The first kappa shape index (κ1) is 12.6. The highest BCUT2D eigenvalue weighted by molar-refractivity contribution is 5.10. The molecule has 2 N–H and O–H groups in total. The summed E-state index contributed by atoms with van der Waals surface area (Å²) in [5, 5.41) is 18.0. The van der Waals surface area contributed by atoms with Crippen LogP contribution >= 0.6 is 0 Å². The lowest BCUT2D eigenvalue weighted by molar-refractivity contribution is 0.126. The van der Waals surface area contributed by atoms with E-state index in [9.17, 15) is 5.11 Å². The average Bonchev–Trinajstić information content (AvgIpc) is 2.64. The van der Waals surface area contributed by atoms with Gasteiger partial charge >= 0.3 is 0 Å². The Morgan fingerprint density at radius 1 is 1.53 bits per heavy atom. The van der Waals surface area contributed by atoms with Gasteiger partial charge in [0, 0.05) is 24.3 Å². The Morgan fingerprint density at radius 2 is 2.41 bits per heavy atom. The molecule has 4 nitrogen and oxygen atoms in total. The third-order valence-corrected chi connectivity index (χ3v) is 3.43. The molecule has 0 amide bonds. The summed E-state index contributed by atoms with van der Waals surface area (Å²) >= 11 is 0. The van der Waals surface area contributed by atoms with Gasteiger partial charge in [-0.25, -0.2) is 0 Å². The van der Waals surface area contributed by atoms with Gasteiger partial charge in [0.2, 0.25) is 0 Å². The predicted octanol–water partition coefficient (Wildman–Crippen LogP) is 1.86. The van der Waals surface area contributed by atoms with Gasteiger partial charge in [-0.3, -0.25) is 4.68 Å². The number of aromatic nitrogens is 2. The fourth-order valence-electron chi connectivity index (χ4n) is 2.44. The Kier molecular flexibility index (Phi) is 4.57. The van der Waals surface area contributed by atoms with Gasteiger partial charge in [0.05, 0.1) is 12.3 Å². The Bertz CT molecular complexity index is 329. The summed E-state index contributed by atoms with van der Waals surface area (Å²) in [5.41, 5.74) is 0.942. The van der Waals surface area contributed by atoms with Crippen molar-refractivity contribution in [2.75, 3.05) is 6.54 Å². The maximum Gasteiger partial charge on any atom is 0.0973 e. The van der Waals surface area contributed by atoms with Crippen molar-refractivity contribution in [1.82, 2.24) is 15.1 Å². The molecule has 0 bridgehead atoms. The summed E-state index contributed by atoms with van der Waals surface area (Å²) in [6.45, 7) is 4.07. The summed E-state index contributed by atoms with van der Waals surface area (Å²) in [5.74, 6) is 0. The van der Waals surface area contributed by atoms with Crippen LogP contribution in [-0.4, -0.2) is 27.5 Å². The maximum absolute atomic E-state index is 10.3. The molecule has 4 heteroatoms. The van der Waals surface area contributed by atoms with Crippen LogP contribution in [-0.2, 0) is 6.54 Å². The van der Waals surface area contributed by atoms with Crippen molar-refractivity contribution < 1.29 is 5.11 Å². The van der Waals surface area contributed by atoms with Crippen molar-refractivity contribution in [3.63, 3.8) is 0 Å². The number of nitrogens with zero attached hydrogens (tertiary/aromatic N) is 2. The normalized spacial score (nSPS) is 23.3. The number of rotatable bonds is 4. The third kappa shape index (κ3) is 3.30. The first-order chi connectivity index (χ1) is 8.31. The second-order valence-corrected chi connectivity index (χ2v) is 4.89. The maximum atomic E-state index is 10.3. The van der Waals surface area contributed by atoms with Crippen molar-refractivity contribution in [3.8, 4) is 0 Å². The predicted molar refractivity (Wildman–Crippen MR) is 67.7 cm³/mol. The van der Waals surface area contributed by atoms with E-state index in [4.69, 9.17) is 0 Å². The number of aliphatic hydroxyl groups is 1. The van der Waals surface area contributed by atoms with Gasteiger partial charge in [-0.1, -0.05) is 19.8 Å². The van der Waals surface area contributed by atoms with Crippen LogP contribution in [0.3, 0.4) is 0 Å². The lowest BCUT2D eigenvalue weighted by Crippen LogP contribution is -2.34. The minimum Gasteiger partial charge on any atom is -0.387 e. The first-order valence-corrected chi connectivity index (χ1v) is 6.75. The molecule has 2 heterocycles. The first-order valence-electron chi connectivity index (χ1n) is 6.75. The van der Waals surface area contributed by atoms with E-state index in [2.05, 4.69) is 17.3 Å². The number of hydrogen-bond donors (Lipinski definition) is 2. The zero-order valence-corrected chi connectivity index (χ0v) is 10.6. The molecule has 1 aliphatic heterocycles. The minimum absolute atomic E-state index is 0.191. The topological polar surface area (TPSA) is 50.1 Å². The SMILES string of the molecule is CCCn1cc(C(O)C2CCCCCN2)cn1. The monoisotopic (exact) mass is 237 g/mol. The molecular weight excluding hydrogens is 214 g/mol. The second-order valence-electron chi connectivity index (χ2n) is 4.89. The van der Waals surface area contributed by atoms with E-state index in [1.165, 1.54) is 19.3 Å². The highest BCUT2D eigenvalue weighted by Crippen LogP contribution is 2.22. The van der Waals surface area contributed by atoms with Crippen molar-refractivity contribution in [1.29, 1.82) is 0 Å². The molecule has 2 atom stereocenters. The van der Waals surface area contributed by atoms with E-state index in [0.717, 1.165) is 31.5 Å². The number of aliphatic hydroxyl groups excluding tert-OH is 1. The molecule has 2 unspecified atom stereocenters. The quantitative estimate of drug-likeness (QED) is 0.840. The summed E-state index contributed by atoms with van der Waals surface area (Å²) < 4.78 is 1.91. The summed E-state index contributed by atoms with van der Waals surface area (Å²) in [4.78, 5) is 0. The number of nitrogens with one attached hydrogen (secondary N) is 1. The van der Waals surface area contributed by atoms with Gasteiger partial charge in [-0.2, -0.15) is 5.10 Å². The third-order valence-electron chi connectivity index (χ3n) is 3.43. The number of hydrogen-bond acceptors (Lipinski definition) is 3. The van der Waals surface area contributed by atoms with Crippen molar-refractivity contribution >= 4 is 0 Å². The van der Waals surface area contributed by atoms with Gasteiger partial charge in [0.1, 0.15) is 0 Å². The zero-order chi connectivity index (χ0) is 12.1. The standard InChI is InChI=1S/C13H23N3O/c1-2-8-16-10-11(9-15-16)13(17)12-6-4-3-5-7-14-12/h9-10,12-14,17H,2-8H2,1H3. The lowest BCUT2D eigenvalue weighted by Gasteiger charge is -2.21. The van der Waals surface area contributed by atoms with Crippen LogP contribution in [0.1, 0.15) is 50.7 Å². The van der Waals surface area contributed by atoms with E-state index in [-0.39, 0.29) is 6.04 Å². The molecule has 96 valence electrons. The van der Waals surface area contributed by atoms with Crippen molar-refractivity contribution in [3.05, 3.63) is 18.0 Å². The van der Waals surface area contributed by atoms with E-state index in [1.54, 1.807) is 6.20 Å². The molecule has 1 saturated heterocycles. The zero-order valence-electron chi connectivity index (χ0n) is 10.6. The Balaban J connectivity index is 1.98. The van der Waals surface area contributed by atoms with Crippen LogP contribution in [0.5, 0.6) is 0 Å². The molecule has 0 aromatic carbocycles. The fourth-order valence-corrected chi connectivity index (χ4v) is 2.44. The number of aryl methyl sites for hydroxylation is 1. The van der Waals surface area contributed by atoms with Gasteiger partial charge in [-0.05, 0) is 25.8 Å². The second kappa shape index (κ2) is 6.17. The summed E-state index contributed by atoms with van der Waals surface area (Å²) in [6.07, 6.45) is 9.17. The fraction of sp³-hybridized carbons (Fsp3) is 0.769. The van der Waals surface area contributed by atoms with Crippen LogP contribution in [0, 0.1) is 0 Å². The molecule has 0 aliphatic carbocycles. The molecule has 1 fully saturated rings. The molecule has 17 heavy (non-hydrogen) atoms. The van der Waals surface area contributed by atoms with Gasteiger partial charge < -0.3 is 10.4 Å². The average molecular weight is 237 g/mol. The van der Waals surface area contributed by atoms with Gasteiger partial charge in [-0.15, -0.1) is 0 Å². The summed E-state index contributed by atoms with van der Waals surface area (Å²) in [6, 6.07) is 0.191. The molecular formula is C13H23N3O. The lowest BCUT2D eigenvalue weighted by atomic mass is 10.0. The van der Waals surface area contributed by atoms with Crippen molar-refractivity contribution in [2.45, 2.75) is 57.7 Å². The smallest absolute Gasteiger partial charge is 0.0973 e. The Hall–Kier alpha value is -0.870. The summed E-state index contributed by atoms with van der Waals surface area (Å²) in [7, 11) is 0. The van der Waals surface area contributed by atoms with Crippen molar-refractivity contribution in [2.24, 2.45) is 0 Å². The van der Waals surface area contributed by atoms with Gasteiger partial charge in [0.25, 0.3) is 0 Å². The Morgan fingerprint density at radius 3 is 3.24 bits per heavy atom. The van der Waals surface area contributed by atoms with Gasteiger partial charge in [0.15, 0.2) is 0 Å². The van der Waals surface area contributed by atoms with E-state index < -0.39 is 6.10 Å².